The molecule has 0 bridgehead atoms. The van der Waals surface area contributed by atoms with Gasteiger partial charge in [-0.3, -0.25) is 9.69 Å². The van der Waals surface area contributed by atoms with Gasteiger partial charge in [-0.05, 0) is 78.3 Å². The normalized spacial score (nSPS) is 18.0. The Bertz CT molecular complexity index is 1500. The molecule has 0 aliphatic carbocycles. The van der Waals surface area contributed by atoms with Crippen LogP contribution in [-0.2, 0) is 21.2 Å². The molecular formula is C32H38N2O6S2. The molecule has 8 nitrogen and oxygen atoms in total. The van der Waals surface area contributed by atoms with Gasteiger partial charge < -0.3 is 15.2 Å². The summed E-state index contributed by atoms with van der Waals surface area (Å²) >= 11 is 1.53. The Morgan fingerprint density at radius 2 is 1.79 bits per heavy atom. The summed E-state index contributed by atoms with van der Waals surface area (Å²) in [7, 11) is -3.24. The molecule has 2 N–H and O–H groups in total. The number of aliphatic carboxylic acids is 1. The third-order valence-corrected chi connectivity index (χ3v) is 9.84. The van der Waals surface area contributed by atoms with Crippen LogP contribution in [0.1, 0.15) is 34.3 Å². The van der Waals surface area contributed by atoms with Crippen LogP contribution in [0.5, 0.6) is 5.75 Å². The van der Waals surface area contributed by atoms with E-state index in [1.807, 2.05) is 79.9 Å². The molecule has 3 atom stereocenters. The first kappa shape index (κ1) is 31.6. The number of ether oxygens (including phenoxy) is 1. The van der Waals surface area contributed by atoms with E-state index in [0.717, 1.165) is 22.4 Å². The highest BCUT2D eigenvalue weighted by Gasteiger charge is 2.38. The van der Waals surface area contributed by atoms with E-state index in [9.17, 15) is 23.1 Å². The number of nitrogens with zero attached hydrogens (tertiary/aromatic N) is 1. The molecule has 1 amide bonds. The first-order chi connectivity index (χ1) is 20.1. The minimum atomic E-state index is -3.24. The van der Waals surface area contributed by atoms with Gasteiger partial charge in [0.15, 0.2) is 9.84 Å². The van der Waals surface area contributed by atoms with Crippen LogP contribution in [-0.4, -0.2) is 79.1 Å². The lowest BCUT2D eigenvalue weighted by Gasteiger charge is -2.25. The fourth-order valence-electron chi connectivity index (χ4n) is 5.27. The maximum absolute atomic E-state index is 13.4. The van der Waals surface area contributed by atoms with Gasteiger partial charge in [-0.2, -0.15) is 11.8 Å². The van der Waals surface area contributed by atoms with Crippen LogP contribution in [0.15, 0.2) is 72.8 Å². The van der Waals surface area contributed by atoms with Crippen LogP contribution >= 0.6 is 11.8 Å². The van der Waals surface area contributed by atoms with Gasteiger partial charge in [0.1, 0.15) is 18.4 Å². The predicted molar refractivity (Wildman–Crippen MR) is 168 cm³/mol. The van der Waals surface area contributed by atoms with Crippen LogP contribution in [0.25, 0.3) is 11.1 Å². The summed E-state index contributed by atoms with van der Waals surface area (Å²) in [4.78, 5) is 27.4. The Kier molecular flexibility index (Phi) is 10.7. The van der Waals surface area contributed by atoms with Gasteiger partial charge in [-0.15, -0.1) is 0 Å². The molecule has 1 heterocycles. The SMILES string of the molecule is CSCC[C@H](NC(=O)c1ccc(CN2C[C@@H](S(C)(=O)=O)CC2COc2ccccc2)cc1-c1ccccc1C)C(=O)O. The molecule has 42 heavy (non-hydrogen) atoms. The number of carbonyl (C=O) groups is 2. The minimum Gasteiger partial charge on any atom is -0.492 e. The second kappa shape index (κ2) is 14.2. The molecule has 4 rings (SSSR count). The number of amides is 1. The third kappa shape index (κ3) is 8.14. The van der Waals surface area contributed by atoms with Crippen LogP contribution in [0, 0.1) is 6.92 Å². The van der Waals surface area contributed by atoms with E-state index in [1.54, 1.807) is 6.07 Å². The summed E-state index contributed by atoms with van der Waals surface area (Å²) < 4.78 is 31.0. The number of aryl methyl sites for hydroxylation is 1. The van der Waals surface area contributed by atoms with Crippen molar-refractivity contribution in [1.82, 2.24) is 10.2 Å². The van der Waals surface area contributed by atoms with E-state index in [4.69, 9.17) is 4.74 Å². The highest BCUT2D eigenvalue weighted by atomic mass is 32.2. The number of benzene rings is 3. The van der Waals surface area contributed by atoms with E-state index >= 15 is 0 Å². The van der Waals surface area contributed by atoms with Crippen molar-refractivity contribution in [3.63, 3.8) is 0 Å². The molecule has 3 aromatic rings. The molecule has 10 heteroatoms. The number of carbonyl (C=O) groups excluding carboxylic acids is 1. The summed E-state index contributed by atoms with van der Waals surface area (Å²) in [5, 5.41) is 11.9. The Morgan fingerprint density at radius 1 is 1.07 bits per heavy atom. The van der Waals surface area contributed by atoms with Crippen LogP contribution in [0.3, 0.4) is 0 Å². The molecule has 1 aliphatic rings. The standard InChI is InChI=1S/C32H38N2O6S2/c1-22-9-7-8-12-27(22)29-17-23(13-14-28(29)31(35)33-30(32(36)37)15-16-41-2)19-34-20-26(42(3,38)39)18-24(34)21-40-25-10-5-4-6-11-25/h4-14,17,24,26,30H,15-16,18-21H2,1-3H3,(H,33,35)(H,36,37)/t24?,26-,30-/m0/s1. The van der Waals surface area contributed by atoms with Gasteiger partial charge in [0.05, 0.1) is 5.25 Å². The summed E-state index contributed by atoms with van der Waals surface area (Å²) in [6, 6.07) is 21.7. The van der Waals surface area contributed by atoms with Crippen LogP contribution in [0.4, 0.5) is 0 Å². The number of sulfone groups is 1. The molecule has 0 aromatic heterocycles. The molecule has 0 spiro atoms. The fourth-order valence-corrected chi connectivity index (χ4v) is 6.78. The Labute approximate surface area is 252 Å². The van der Waals surface area contributed by atoms with Crippen molar-refractivity contribution < 1.29 is 27.9 Å². The number of hydrogen-bond donors (Lipinski definition) is 2. The number of thioether (sulfide) groups is 1. The maximum Gasteiger partial charge on any atom is 0.326 e. The summed E-state index contributed by atoms with van der Waals surface area (Å²) in [6.45, 7) is 3.19. The summed E-state index contributed by atoms with van der Waals surface area (Å²) in [6.07, 6.45) is 3.97. The number of rotatable bonds is 13. The molecule has 1 fully saturated rings. The molecule has 1 unspecified atom stereocenters. The number of nitrogens with one attached hydrogen (secondary N) is 1. The summed E-state index contributed by atoms with van der Waals surface area (Å²) in [5.41, 5.74) is 3.87. The fraction of sp³-hybridized carbons (Fsp3) is 0.375. The van der Waals surface area contributed by atoms with E-state index in [-0.39, 0.29) is 6.04 Å². The largest absolute Gasteiger partial charge is 0.492 e. The highest BCUT2D eigenvalue weighted by Crippen LogP contribution is 2.31. The van der Waals surface area contributed by atoms with Gasteiger partial charge in [0.2, 0.25) is 0 Å². The molecule has 224 valence electrons. The smallest absolute Gasteiger partial charge is 0.326 e. The van der Waals surface area contributed by atoms with Crippen molar-refractivity contribution in [2.24, 2.45) is 0 Å². The van der Waals surface area contributed by atoms with Crippen molar-refractivity contribution in [1.29, 1.82) is 0 Å². The van der Waals surface area contributed by atoms with Crippen LogP contribution in [0.2, 0.25) is 0 Å². The number of carboxylic acids is 1. The lowest BCUT2D eigenvalue weighted by atomic mass is 9.93. The van der Waals surface area contributed by atoms with E-state index in [2.05, 4.69) is 10.2 Å². The third-order valence-electron chi connectivity index (χ3n) is 7.64. The number of carboxylic acid groups (broad SMARTS) is 1. The van der Waals surface area contributed by atoms with Crippen molar-refractivity contribution in [2.45, 2.75) is 43.6 Å². The van der Waals surface area contributed by atoms with E-state index in [0.29, 0.717) is 49.4 Å². The average molecular weight is 611 g/mol. The average Bonchev–Trinajstić information content (AvgIpc) is 3.38. The second-order valence-corrected chi connectivity index (χ2v) is 14.0. The van der Waals surface area contributed by atoms with Crippen molar-refractivity contribution in [2.75, 3.05) is 31.4 Å². The number of likely N-dealkylation sites (tertiary alicyclic amines) is 1. The van der Waals surface area contributed by atoms with Gasteiger partial charge in [-0.25, -0.2) is 13.2 Å². The molecule has 0 saturated carbocycles. The maximum atomic E-state index is 13.4. The molecule has 3 aromatic carbocycles. The lowest BCUT2D eigenvalue weighted by Crippen LogP contribution is -2.41. The molecule has 1 aliphatic heterocycles. The van der Waals surface area contributed by atoms with Gasteiger partial charge in [0, 0.05) is 31.0 Å². The first-order valence-corrected chi connectivity index (χ1v) is 17.2. The van der Waals surface area contributed by atoms with Gasteiger partial charge in [0.25, 0.3) is 5.91 Å². The van der Waals surface area contributed by atoms with Gasteiger partial charge in [-0.1, -0.05) is 48.5 Å². The highest BCUT2D eigenvalue weighted by molar-refractivity contribution is 7.98. The van der Waals surface area contributed by atoms with Crippen molar-refractivity contribution in [3.05, 3.63) is 89.5 Å². The molecule has 0 radical (unpaired) electrons. The monoisotopic (exact) mass is 610 g/mol. The number of hydrogen-bond acceptors (Lipinski definition) is 7. The summed E-state index contributed by atoms with van der Waals surface area (Å²) in [5.74, 6) is -0.166. The number of para-hydroxylation sites is 1. The topological polar surface area (TPSA) is 113 Å². The molecule has 1 saturated heterocycles. The first-order valence-electron chi connectivity index (χ1n) is 13.9. The van der Waals surface area contributed by atoms with Crippen LogP contribution < -0.4 is 10.1 Å². The van der Waals surface area contributed by atoms with E-state index < -0.39 is 33.0 Å². The Hall–Kier alpha value is -3.34. The van der Waals surface area contributed by atoms with Crippen molar-refractivity contribution in [3.8, 4) is 16.9 Å². The minimum absolute atomic E-state index is 0.109. The second-order valence-electron chi connectivity index (χ2n) is 10.7. The zero-order valence-electron chi connectivity index (χ0n) is 24.2. The zero-order chi connectivity index (χ0) is 30.3. The molecular weight excluding hydrogens is 572 g/mol. The van der Waals surface area contributed by atoms with Crippen molar-refractivity contribution >= 4 is 33.5 Å². The van der Waals surface area contributed by atoms with Gasteiger partial charge >= 0.3 is 5.97 Å². The Balaban J connectivity index is 1.63. The Morgan fingerprint density at radius 3 is 2.45 bits per heavy atom. The quantitative estimate of drug-likeness (QED) is 0.287. The van der Waals surface area contributed by atoms with E-state index in [1.165, 1.54) is 18.0 Å². The lowest BCUT2D eigenvalue weighted by molar-refractivity contribution is -0.139. The zero-order valence-corrected chi connectivity index (χ0v) is 25.8. The predicted octanol–water partition coefficient (Wildman–Crippen LogP) is 4.66.